The van der Waals surface area contributed by atoms with Crippen molar-refractivity contribution in [3.8, 4) is 0 Å². The first-order chi connectivity index (χ1) is 8.17. The van der Waals surface area contributed by atoms with Gasteiger partial charge in [-0.25, -0.2) is 8.42 Å². The summed E-state index contributed by atoms with van der Waals surface area (Å²) in [7, 11) is -3.65. The van der Waals surface area contributed by atoms with Gasteiger partial charge < -0.3 is 5.11 Å². The second kappa shape index (κ2) is 5.40. The number of halogens is 1. The number of hydrogen-bond acceptors (Lipinski definition) is 3. The molecule has 1 aromatic carbocycles. The predicted octanol–water partition coefficient (Wildman–Crippen LogP) is 2.27. The minimum absolute atomic E-state index is 0.0583. The first kappa shape index (κ1) is 15.2. The maximum atomic E-state index is 11.6. The van der Waals surface area contributed by atoms with E-state index in [1.54, 1.807) is 0 Å². The van der Waals surface area contributed by atoms with Crippen LogP contribution in [0.15, 0.2) is 28.7 Å². The van der Waals surface area contributed by atoms with Crippen LogP contribution in [0.5, 0.6) is 0 Å². The molecule has 0 radical (unpaired) electrons. The molecule has 0 aromatic heterocycles. The van der Waals surface area contributed by atoms with Crippen molar-refractivity contribution in [2.45, 2.75) is 24.5 Å². The van der Waals surface area contributed by atoms with E-state index in [9.17, 15) is 13.2 Å². The summed E-state index contributed by atoms with van der Waals surface area (Å²) in [4.78, 5) is 11.2. The molecule has 0 aliphatic heterocycles. The quantitative estimate of drug-likeness (QED) is 0.896. The van der Waals surface area contributed by atoms with Crippen molar-refractivity contribution in [3.05, 3.63) is 34.3 Å². The van der Waals surface area contributed by atoms with E-state index >= 15 is 0 Å². The van der Waals surface area contributed by atoms with E-state index in [4.69, 9.17) is 5.11 Å². The fourth-order valence-corrected chi connectivity index (χ4v) is 2.54. The third-order valence-electron chi connectivity index (χ3n) is 3.07. The lowest BCUT2D eigenvalue weighted by atomic mass is 10.0. The van der Waals surface area contributed by atoms with Crippen molar-refractivity contribution in [2.75, 3.05) is 6.26 Å². The number of rotatable bonds is 5. The van der Waals surface area contributed by atoms with Gasteiger partial charge >= 0.3 is 5.97 Å². The molecule has 4 nitrogen and oxygen atoms in total. The summed E-state index contributed by atoms with van der Waals surface area (Å²) in [6.45, 7) is 1.25. The van der Waals surface area contributed by atoms with Crippen molar-refractivity contribution in [1.82, 2.24) is 0 Å². The zero-order valence-corrected chi connectivity index (χ0v) is 12.6. The molecule has 0 amide bonds. The Morgan fingerprint density at radius 1 is 1.33 bits per heavy atom. The van der Waals surface area contributed by atoms with Gasteiger partial charge in [0, 0.05) is 10.7 Å². The van der Waals surface area contributed by atoms with E-state index < -0.39 is 20.6 Å². The lowest BCUT2D eigenvalue weighted by Crippen LogP contribution is -2.43. The summed E-state index contributed by atoms with van der Waals surface area (Å²) in [6, 6.07) is 7.37. The summed E-state index contributed by atoms with van der Waals surface area (Å²) >= 11 is 3.30. The molecule has 1 atom stereocenters. The monoisotopic (exact) mass is 334 g/mol. The van der Waals surface area contributed by atoms with Gasteiger partial charge in [-0.1, -0.05) is 28.1 Å². The van der Waals surface area contributed by atoms with E-state index in [1.807, 2.05) is 24.3 Å². The Morgan fingerprint density at radius 3 is 2.22 bits per heavy atom. The number of benzene rings is 1. The Labute approximate surface area is 115 Å². The number of carboxylic acids is 1. The number of carboxylic acid groups (broad SMARTS) is 1. The first-order valence-corrected chi connectivity index (χ1v) is 8.03. The molecule has 100 valence electrons. The van der Waals surface area contributed by atoms with Gasteiger partial charge in [0.05, 0.1) is 0 Å². The minimum Gasteiger partial charge on any atom is -0.480 e. The first-order valence-electron chi connectivity index (χ1n) is 5.34. The van der Waals surface area contributed by atoms with Crippen LogP contribution in [0.3, 0.4) is 0 Å². The Kier molecular flexibility index (Phi) is 4.55. The van der Waals surface area contributed by atoms with Crippen LogP contribution in [-0.4, -0.2) is 30.5 Å². The van der Waals surface area contributed by atoms with Gasteiger partial charge in [0.2, 0.25) is 0 Å². The summed E-state index contributed by atoms with van der Waals surface area (Å²) in [5, 5.41) is 9.10. The molecule has 0 aliphatic carbocycles. The Bertz CT molecular complexity index is 536. The van der Waals surface area contributed by atoms with Gasteiger partial charge in [0.1, 0.15) is 0 Å². The molecule has 0 aliphatic rings. The van der Waals surface area contributed by atoms with E-state index in [2.05, 4.69) is 15.9 Å². The van der Waals surface area contributed by atoms with Crippen LogP contribution in [0.4, 0.5) is 0 Å². The van der Waals surface area contributed by atoms with Crippen molar-refractivity contribution in [1.29, 1.82) is 0 Å². The van der Waals surface area contributed by atoms with Gasteiger partial charge in [0.25, 0.3) is 0 Å². The maximum absolute atomic E-state index is 11.6. The van der Waals surface area contributed by atoms with Gasteiger partial charge in [-0.15, -0.1) is 0 Å². The summed E-state index contributed by atoms with van der Waals surface area (Å²) in [6.07, 6.45) is 1.43. The highest BCUT2D eigenvalue weighted by Crippen LogP contribution is 2.24. The number of aliphatic carboxylic acids is 1. The lowest BCUT2D eigenvalue weighted by Gasteiger charge is -2.22. The van der Waals surface area contributed by atoms with Crippen LogP contribution in [-0.2, 0) is 21.1 Å². The zero-order valence-electron chi connectivity index (χ0n) is 10.2. The molecule has 1 aromatic rings. The Balaban J connectivity index is 2.88. The summed E-state index contributed by atoms with van der Waals surface area (Å²) < 4.78 is 22.4. The number of hydrogen-bond donors (Lipinski definition) is 1. The lowest BCUT2D eigenvalue weighted by molar-refractivity contribution is -0.139. The molecule has 0 saturated carbocycles. The third-order valence-corrected chi connectivity index (χ3v) is 5.62. The molecular formula is C12H15BrO4S. The smallest absolute Gasteiger partial charge is 0.324 e. The van der Waals surface area contributed by atoms with Gasteiger partial charge in [-0.2, -0.15) is 0 Å². The summed E-state index contributed by atoms with van der Waals surface area (Å²) in [5.41, 5.74) is 0.911. The van der Waals surface area contributed by atoms with Crippen LogP contribution in [0.1, 0.15) is 18.9 Å². The number of sulfone groups is 1. The topological polar surface area (TPSA) is 71.4 Å². The molecule has 1 rings (SSSR count). The van der Waals surface area contributed by atoms with Crippen LogP contribution in [0.2, 0.25) is 0 Å². The molecule has 0 heterocycles. The fourth-order valence-electron chi connectivity index (χ4n) is 1.48. The van der Waals surface area contributed by atoms with Crippen molar-refractivity contribution in [2.24, 2.45) is 0 Å². The molecule has 0 fully saturated rings. The van der Waals surface area contributed by atoms with Crippen LogP contribution < -0.4 is 0 Å². The second-order valence-electron chi connectivity index (χ2n) is 4.43. The maximum Gasteiger partial charge on any atom is 0.324 e. The van der Waals surface area contributed by atoms with E-state index in [1.165, 1.54) is 6.92 Å². The van der Waals surface area contributed by atoms with E-state index in [0.29, 0.717) is 6.42 Å². The highest BCUT2D eigenvalue weighted by atomic mass is 79.9. The predicted molar refractivity (Wildman–Crippen MR) is 73.3 cm³/mol. The molecule has 0 unspecified atom stereocenters. The van der Waals surface area contributed by atoms with Crippen LogP contribution in [0, 0.1) is 0 Å². The zero-order chi connectivity index (χ0) is 14.0. The molecule has 6 heteroatoms. The normalized spacial score (nSPS) is 15.1. The summed E-state index contributed by atoms with van der Waals surface area (Å²) in [5.74, 6) is -1.30. The number of aryl methyl sites for hydroxylation is 1. The van der Waals surface area contributed by atoms with E-state index in [-0.39, 0.29) is 6.42 Å². The molecule has 0 spiro atoms. The van der Waals surface area contributed by atoms with Gasteiger partial charge in [0.15, 0.2) is 14.6 Å². The average molecular weight is 335 g/mol. The Hall–Kier alpha value is -0.880. The highest BCUT2D eigenvalue weighted by molar-refractivity contribution is 9.10. The molecule has 1 N–H and O–H groups in total. The SMILES string of the molecule is C[C@](CCc1ccc(Br)cc1)(C(=O)O)S(C)(=O)=O. The average Bonchev–Trinajstić information content (AvgIpc) is 2.26. The molecule has 0 bridgehead atoms. The molecular weight excluding hydrogens is 320 g/mol. The van der Waals surface area contributed by atoms with Crippen LogP contribution >= 0.6 is 15.9 Å². The number of carbonyl (C=O) groups is 1. The van der Waals surface area contributed by atoms with E-state index in [0.717, 1.165) is 16.3 Å². The fraction of sp³-hybridized carbons (Fsp3) is 0.417. The van der Waals surface area contributed by atoms with Gasteiger partial charge in [-0.05, 0) is 37.5 Å². The third kappa shape index (κ3) is 3.32. The largest absolute Gasteiger partial charge is 0.480 e. The standard InChI is InChI=1S/C12H15BrO4S/c1-12(11(14)15,18(2,16)17)8-7-9-3-5-10(13)6-4-9/h3-6H,7-8H2,1-2H3,(H,14,15)/t12-/m0/s1. The van der Waals surface area contributed by atoms with Crippen LogP contribution in [0.25, 0.3) is 0 Å². The van der Waals surface area contributed by atoms with Gasteiger partial charge in [-0.3, -0.25) is 4.79 Å². The van der Waals surface area contributed by atoms with Crippen molar-refractivity contribution in [3.63, 3.8) is 0 Å². The second-order valence-corrected chi connectivity index (χ2v) is 7.80. The Morgan fingerprint density at radius 2 is 1.83 bits per heavy atom. The molecule has 0 saturated heterocycles. The minimum atomic E-state index is -3.65. The highest BCUT2D eigenvalue weighted by Gasteiger charge is 2.43. The van der Waals surface area contributed by atoms with Crippen molar-refractivity contribution >= 4 is 31.7 Å². The van der Waals surface area contributed by atoms with Crippen molar-refractivity contribution < 1.29 is 18.3 Å². The molecule has 18 heavy (non-hydrogen) atoms.